The molecule has 1 aromatic heterocycles. The Hall–Kier alpha value is -2.96. The highest BCUT2D eigenvalue weighted by Gasteiger charge is 2.13. The quantitative estimate of drug-likeness (QED) is 0.601. The van der Waals surface area contributed by atoms with Gasteiger partial charge in [-0.25, -0.2) is 9.97 Å². The highest BCUT2D eigenvalue weighted by atomic mass is 35.5. The van der Waals surface area contributed by atoms with Crippen LogP contribution in [0, 0.1) is 0 Å². The van der Waals surface area contributed by atoms with E-state index in [1.165, 1.54) is 0 Å². The molecule has 138 valence electrons. The number of aromatic nitrogens is 2. The van der Waals surface area contributed by atoms with Crippen LogP contribution in [0.4, 0.5) is 11.5 Å². The third-order valence-corrected chi connectivity index (χ3v) is 3.96. The normalized spacial score (nSPS) is 10.4. The van der Waals surface area contributed by atoms with Gasteiger partial charge in [0.05, 0.1) is 6.61 Å². The van der Waals surface area contributed by atoms with E-state index in [-0.39, 0.29) is 11.6 Å². The predicted octanol–water partition coefficient (Wildman–Crippen LogP) is 4.11. The Bertz CT molecular complexity index is 902. The molecule has 0 radical (unpaired) electrons. The van der Waals surface area contributed by atoms with E-state index in [1.54, 1.807) is 37.4 Å². The Labute approximate surface area is 162 Å². The monoisotopic (exact) mass is 382 g/mol. The van der Waals surface area contributed by atoms with Crippen molar-refractivity contribution in [2.45, 2.75) is 0 Å². The first kappa shape index (κ1) is 18.8. The molecule has 1 heterocycles. The Balaban J connectivity index is 1.88. The van der Waals surface area contributed by atoms with Gasteiger partial charge in [0.1, 0.15) is 11.5 Å². The third-order valence-electron chi connectivity index (χ3n) is 3.71. The molecule has 0 spiro atoms. The minimum atomic E-state index is -0.327. The number of anilines is 2. The molecule has 0 bridgehead atoms. The minimum Gasteiger partial charge on any atom is -0.383 e. The predicted molar refractivity (Wildman–Crippen MR) is 107 cm³/mol. The SMILES string of the molecule is COCCNc1cc(C(=O)Nc2ccc(Cl)cc2)nc(-c2ccccc2)n1. The lowest BCUT2D eigenvalue weighted by Gasteiger charge is -2.10. The zero-order valence-corrected chi connectivity index (χ0v) is 15.5. The molecule has 3 rings (SSSR count). The minimum absolute atomic E-state index is 0.263. The van der Waals surface area contributed by atoms with Gasteiger partial charge >= 0.3 is 0 Å². The first-order valence-electron chi connectivity index (χ1n) is 8.40. The second-order valence-corrected chi connectivity index (χ2v) is 6.15. The number of rotatable bonds is 7. The number of methoxy groups -OCH3 is 1. The van der Waals surface area contributed by atoms with E-state index >= 15 is 0 Å². The lowest BCUT2D eigenvalue weighted by molar-refractivity contribution is 0.102. The number of carbonyl (C=O) groups is 1. The highest BCUT2D eigenvalue weighted by molar-refractivity contribution is 6.30. The van der Waals surface area contributed by atoms with E-state index in [4.69, 9.17) is 16.3 Å². The molecule has 0 fully saturated rings. The summed E-state index contributed by atoms with van der Waals surface area (Å²) in [5, 5.41) is 6.57. The molecule has 2 aromatic carbocycles. The second kappa shape index (κ2) is 9.12. The van der Waals surface area contributed by atoms with Crippen LogP contribution in [0.15, 0.2) is 60.7 Å². The fraction of sp³-hybridized carbons (Fsp3) is 0.150. The summed E-state index contributed by atoms with van der Waals surface area (Å²) in [6.45, 7) is 1.09. The summed E-state index contributed by atoms with van der Waals surface area (Å²) in [7, 11) is 1.63. The molecule has 0 aliphatic heterocycles. The summed E-state index contributed by atoms with van der Waals surface area (Å²) in [5.74, 6) is 0.702. The summed E-state index contributed by atoms with van der Waals surface area (Å²) < 4.78 is 5.05. The Morgan fingerprint density at radius 2 is 1.81 bits per heavy atom. The molecule has 7 heteroatoms. The highest BCUT2D eigenvalue weighted by Crippen LogP contribution is 2.19. The van der Waals surface area contributed by atoms with Crippen LogP contribution < -0.4 is 10.6 Å². The van der Waals surface area contributed by atoms with Gasteiger partial charge < -0.3 is 15.4 Å². The van der Waals surface area contributed by atoms with Crippen molar-refractivity contribution in [3.63, 3.8) is 0 Å². The van der Waals surface area contributed by atoms with Crippen LogP contribution in [0.25, 0.3) is 11.4 Å². The summed E-state index contributed by atoms with van der Waals surface area (Å²) in [6.07, 6.45) is 0. The van der Waals surface area contributed by atoms with Crippen LogP contribution in [0.2, 0.25) is 5.02 Å². The van der Waals surface area contributed by atoms with E-state index in [9.17, 15) is 4.79 Å². The van der Waals surface area contributed by atoms with Gasteiger partial charge in [0.15, 0.2) is 5.82 Å². The number of carbonyl (C=O) groups excluding carboxylic acids is 1. The first-order valence-corrected chi connectivity index (χ1v) is 8.78. The van der Waals surface area contributed by atoms with E-state index in [2.05, 4.69) is 20.6 Å². The molecule has 0 saturated heterocycles. The topological polar surface area (TPSA) is 76.1 Å². The van der Waals surface area contributed by atoms with Crippen LogP contribution in [-0.4, -0.2) is 36.1 Å². The van der Waals surface area contributed by atoms with Crippen molar-refractivity contribution in [1.82, 2.24) is 9.97 Å². The largest absolute Gasteiger partial charge is 0.383 e. The number of ether oxygens (including phenoxy) is 1. The zero-order valence-electron chi connectivity index (χ0n) is 14.8. The molecule has 0 unspecified atom stereocenters. The van der Waals surface area contributed by atoms with Gasteiger partial charge in [0, 0.05) is 36.0 Å². The molecule has 3 aromatic rings. The van der Waals surface area contributed by atoms with Crippen LogP contribution in [-0.2, 0) is 4.74 Å². The van der Waals surface area contributed by atoms with E-state index in [0.717, 1.165) is 5.56 Å². The standard InChI is InChI=1S/C20H19ClN4O2/c1-27-12-11-22-18-13-17(20(26)23-16-9-7-15(21)8-10-16)24-19(25-18)14-5-3-2-4-6-14/h2-10,13H,11-12H2,1H3,(H,23,26)(H,22,24,25). The van der Waals surface area contributed by atoms with Crippen molar-refractivity contribution in [2.24, 2.45) is 0 Å². The van der Waals surface area contributed by atoms with Gasteiger partial charge in [-0.1, -0.05) is 41.9 Å². The van der Waals surface area contributed by atoms with Crippen molar-refractivity contribution in [3.05, 3.63) is 71.4 Å². The number of halogens is 1. The summed E-state index contributed by atoms with van der Waals surface area (Å²) >= 11 is 5.88. The second-order valence-electron chi connectivity index (χ2n) is 5.71. The molecule has 0 aliphatic carbocycles. The number of nitrogens with one attached hydrogen (secondary N) is 2. The van der Waals surface area contributed by atoms with Crippen molar-refractivity contribution < 1.29 is 9.53 Å². The molecule has 1 amide bonds. The number of nitrogens with zero attached hydrogens (tertiary/aromatic N) is 2. The van der Waals surface area contributed by atoms with Crippen molar-refractivity contribution in [1.29, 1.82) is 0 Å². The molecule has 0 saturated carbocycles. The van der Waals surface area contributed by atoms with Crippen LogP contribution in [0.1, 0.15) is 10.5 Å². The fourth-order valence-corrected chi connectivity index (χ4v) is 2.51. The van der Waals surface area contributed by atoms with Crippen molar-refractivity contribution in [3.8, 4) is 11.4 Å². The maximum absolute atomic E-state index is 12.7. The van der Waals surface area contributed by atoms with Crippen molar-refractivity contribution >= 4 is 29.0 Å². The molecule has 0 atom stereocenters. The zero-order chi connectivity index (χ0) is 19.1. The summed E-state index contributed by atoms with van der Waals surface area (Å²) in [5.41, 5.74) is 1.73. The van der Waals surface area contributed by atoms with Crippen molar-refractivity contribution in [2.75, 3.05) is 30.9 Å². The van der Waals surface area contributed by atoms with E-state index in [1.807, 2.05) is 30.3 Å². The first-order chi connectivity index (χ1) is 13.2. The lowest BCUT2D eigenvalue weighted by Crippen LogP contribution is -2.16. The molecular weight excluding hydrogens is 364 g/mol. The summed E-state index contributed by atoms with van der Waals surface area (Å²) in [6, 6.07) is 18.0. The lowest BCUT2D eigenvalue weighted by atomic mass is 10.2. The molecule has 2 N–H and O–H groups in total. The number of amides is 1. The van der Waals surface area contributed by atoms with Gasteiger partial charge in [0.25, 0.3) is 5.91 Å². The van der Waals surface area contributed by atoms with E-state index < -0.39 is 0 Å². The van der Waals surface area contributed by atoms with Gasteiger partial charge in [-0.15, -0.1) is 0 Å². The summed E-state index contributed by atoms with van der Waals surface area (Å²) in [4.78, 5) is 21.6. The molecule has 6 nitrogen and oxygen atoms in total. The Morgan fingerprint density at radius 3 is 2.52 bits per heavy atom. The van der Waals surface area contributed by atoms with Crippen LogP contribution in [0.5, 0.6) is 0 Å². The number of hydrogen-bond acceptors (Lipinski definition) is 5. The average Bonchev–Trinajstić information content (AvgIpc) is 2.70. The fourth-order valence-electron chi connectivity index (χ4n) is 2.38. The van der Waals surface area contributed by atoms with E-state index in [0.29, 0.717) is 35.5 Å². The van der Waals surface area contributed by atoms with Gasteiger partial charge in [-0.3, -0.25) is 4.79 Å². The smallest absolute Gasteiger partial charge is 0.274 e. The number of benzene rings is 2. The van der Waals surface area contributed by atoms with Crippen LogP contribution in [0.3, 0.4) is 0 Å². The van der Waals surface area contributed by atoms with Gasteiger partial charge in [0.2, 0.25) is 0 Å². The maximum atomic E-state index is 12.7. The number of hydrogen-bond donors (Lipinski definition) is 2. The maximum Gasteiger partial charge on any atom is 0.274 e. The van der Waals surface area contributed by atoms with Gasteiger partial charge in [-0.05, 0) is 24.3 Å². The molecular formula is C20H19ClN4O2. The van der Waals surface area contributed by atoms with Gasteiger partial charge in [-0.2, -0.15) is 0 Å². The van der Waals surface area contributed by atoms with Crippen LogP contribution >= 0.6 is 11.6 Å². The molecule has 0 aliphatic rings. The Kier molecular flexibility index (Phi) is 6.35. The third kappa shape index (κ3) is 5.26. The average molecular weight is 383 g/mol. The molecule has 27 heavy (non-hydrogen) atoms. The Morgan fingerprint density at radius 1 is 1.07 bits per heavy atom.